The molecule has 0 aliphatic carbocycles. The van der Waals surface area contributed by atoms with Crippen molar-refractivity contribution in [1.29, 1.82) is 5.53 Å². The average molecular weight is 204 g/mol. The number of nitrogens with one attached hydrogen (secondary N) is 1. The molecule has 3 nitrogen and oxygen atoms in total. The van der Waals surface area contributed by atoms with Crippen LogP contribution in [0.2, 0.25) is 0 Å². The van der Waals surface area contributed by atoms with Gasteiger partial charge in [-0.1, -0.05) is 12.1 Å². The van der Waals surface area contributed by atoms with E-state index >= 15 is 0 Å². The third-order valence-corrected chi connectivity index (χ3v) is 1.42. The Morgan fingerprint density at radius 1 is 1.21 bits per heavy atom. The van der Waals surface area contributed by atoms with Crippen LogP contribution in [-0.2, 0) is 6.54 Å². The summed E-state index contributed by atoms with van der Waals surface area (Å²) in [6.07, 6.45) is -4.67. The van der Waals surface area contributed by atoms with Crippen LogP contribution in [0.1, 0.15) is 5.56 Å². The number of nitrogens with zero attached hydrogens (tertiary/aromatic N) is 1. The molecule has 76 valence electrons. The normalized spacial score (nSPS) is 11.1. The van der Waals surface area contributed by atoms with Crippen LogP contribution in [0.25, 0.3) is 0 Å². The van der Waals surface area contributed by atoms with E-state index < -0.39 is 6.36 Å². The molecule has 0 saturated heterocycles. The van der Waals surface area contributed by atoms with Gasteiger partial charge in [0.25, 0.3) is 0 Å². The Hall–Kier alpha value is -1.59. The summed E-state index contributed by atoms with van der Waals surface area (Å²) in [7, 11) is 0. The molecule has 0 fully saturated rings. The summed E-state index contributed by atoms with van der Waals surface area (Å²) >= 11 is 0. The van der Waals surface area contributed by atoms with Gasteiger partial charge < -0.3 is 4.74 Å². The van der Waals surface area contributed by atoms with Gasteiger partial charge in [0.1, 0.15) is 5.75 Å². The molecule has 1 aromatic rings. The molecule has 0 heterocycles. The fourth-order valence-corrected chi connectivity index (χ4v) is 0.888. The lowest BCUT2D eigenvalue weighted by Gasteiger charge is -2.08. The standard InChI is InChI=1S/C8H7F3N2O/c9-8(10,11)14-7-3-1-6(2-4-7)5-13-12/h1-4,12H,5H2. The van der Waals surface area contributed by atoms with Crippen molar-refractivity contribution in [1.82, 2.24) is 0 Å². The van der Waals surface area contributed by atoms with Gasteiger partial charge in [-0.25, -0.2) is 5.53 Å². The zero-order valence-corrected chi connectivity index (χ0v) is 7.01. The topological polar surface area (TPSA) is 45.4 Å². The maximum absolute atomic E-state index is 11.7. The predicted octanol–water partition coefficient (Wildman–Crippen LogP) is 3.12. The van der Waals surface area contributed by atoms with Gasteiger partial charge in [0.05, 0.1) is 6.54 Å². The molecule has 0 amide bonds. The van der Waals surface area contributed by atoms with Gasteiger partial charge in [0.2, 0.25) is 0 Å². The summed E-state index contributed by atoms with van der Waals surface area (Å²) in [5.41, 5.74) is 7.21. The second-order valence-electron chi connectivity index (χ2n) is 2.51. The third kappa shape index (κ3) is 3.42. The van der Waals surface area contributed by atoms with Crippen LogP contribution in [0.3, 0.4) is 0 Å². The number of hydrogen-bond acceptors (Lipinski definition) is 3. The Morgan fingerprint density at radius 2 is 1.79 bits per heavy atom. The molecule has 0 unspecified atom stereocenters. The van der Waals surface area contributed by atoms with Crippen molar-refractivity contribution in [2.45, 2.75) is 12.9 Å². The van der Waals surface area contributed by atoms with E-state index in [0.717, 1.165) is 0 Å². The lowest BCUT2D eigenvalue weighted by atomic mass is 10.2. The Balaban J connectivity index is 2.68. The van der Waals surface area contributed by atoms with Gasteiger partial charge in [-0.3, -0.25) is 0 Å². The largest absolute Gasteiger partial charge is 0.573 e. The van der Waals surface area contributed by atoms with Crippen molar-refractivity contribution in [2.24, 2.45) is 5.11 Å². The van der Waals surface area contributed by atoms with Crippen LogP contribution in [-0.4, -0.2) is 6.36 Å². The van der Waals surface area contributed by atoms with Gasteiger partial charge in [-0.2, -0.15) is 5.11 Å². The van der Waals surface area contributed by atoms with E-state index in [4.69, 9.17) is 5.53 Å². The maximum atomic E-state index is 11.7. The lowest BCUT2D eigenvalue weighted by molar-refractivity contribution is -0.274. The molecule has 1 rings (SSSR count). The van der Waals surface area contributed by atoms with E-state index in [9.17, 15) is 13.2 Å². The van der Waals surface area contributed by atoms with Crippen molar-refractivity contribution in [3.8, 4) is 5.75 Å². The Kier molecular flexibility index (Phi) is 3.06. The number of benzene rings is 1. The number of rotatable bonds is 3. The van der Waals surface area contributed by atoms with Gasteiger partial charge in [-0.15, -0.1) is 13.2 Å². The zero-order chi connectivity index (χ0) is 10.6. The highest BCUT2D eigenvalue weighted by molar-refractivity contribution is 5.27. The third-order valence-electron chi connectivity index (χ3n) is 1.42. The number of hydrogen-bond donors (Lipinski definition) is 1. The van der Waals surface area contributed by atoms with Gasteiger partial charge in [-0.05, 0) is 17.7 Å². The zero-order valence-electron chi connectivity index (χ0n) is 7.01. The Morgan fingerprint density at radius 3 is 2.21 bits per heavy atom. The predicted molar refractivity (Wildman–Crippen MR) is 42.0 cm³/mol. The van der Waals surface area contributed by atoms with E-state index in [1.54, 1.807) is 0 Å². The van der Waals surface area contributed by atoms with Crippen molar-refractivity contribution in [3.63, 3.8) is 0 Å². The molecular formula is C8H7F3N2O. The number of ether oxygens (including phenoxy) is 1. The van der Waals surface area contributed by atoms with Crippen LogP contribution in [0.15, 0.2) is 29.4 Å². The number of halogens is 3. The molecule has 0 spiro atoms. The summed E-state index contributed by atoms with van der Waals surface area (Å²) in [5.74, 6) is -0.272. The molecular weight excluding hydrogens is 197 g/mol. The molecule has 1 N–H and O–H groups in total. The molecule has 0 atom stereocenters. The summed E-state index contributed by atoms with van der Waals surface area (Å²) in [4.78, 5) is 0. The van der Waals surface area contributed by atoms with Crippen molar-refractivity contribution >= 4 is 0 Å². The quantitative estimate of drug-likeness (QED) is 0.755. The summed E-state index contributed by atoms with van der Waals surface area (Å²) < 4.78 is 38.8. The molecule has 1 aromatic carbocycles. The first-order chi connectivity index (χ1) is 6.51. The number of alkyl halides is 3. The van der Waals surface area contributed by atoms with E-state index in [2.05, 4.69) is 9.85 Å². The molecule has 0 bridgehead atoms. The first-order valence-electron chi connectivity index (χ1n) is 3.69. The average Bonchev–Trinajstić information content (AvgIpc) is 2.06. The molecule has 0 aromatic heterocycles. The molecule has 0 saturated carbocycles. The summed E-state index contributed by atoms with van der Waals surface area (Å²) in [6, 6.07) is 5.24. The van der Waals surface area contributed by atoms with Crippen molar-refractivity contribution < 1.29 is 17.9 Å². The van der Waals surface area contributed by atoms with Crippen molar-refractivity contribution in [2.75, 3.05) is 0 Å². The maximum Gasteiger partial charge on any atom is 0.573 e. The monoisotopic (exact) mass is 204 g/mol. The van der Waals surface area contributed by atoms with Crippen LogP contribution in [0.4, 0.5) is 13.2 Å². The fraction of sp³-hybridized carbons (Fsp3) is 0.250. The minimum absolute atomic E-state index is 0.159. The van der Waals surface area contributed by atoms with Gasteiger partial charge >= 0.3 is 6.36 Å². The molecule has 14 heavy (non-hydrogen) atoms. The summed E-state index contributed by atoms with van der Waals surface area (Å²) in [6.45, 7) is 0.159. The van der Waals surface area contributed by atoms with Crippen LogP contribution in [0.5, 0.6) is 5.75 Å². The van der Waals surface area contributed by atoms with E-state index in [1.807, 2.05) is 0 Å². The smallest absolute Gasteiger partial charge is 0.406 e. The Bertz CT molecular complexity index is 307. The minimum Gasteiger partial charge on any atom is -0.406 e. The highest BCUT2D eigenvalue weighted by Gasteiger charge is 2.30. The Labute approximate surface area is 78.0 Å². The SMILES string of the molecule is N=NCc1ccc(OC(F)(F)F)cc1. The van der Waals surface area contributed by atoms with E-state index in [1.165, 1.54) is 24.3 Å². The van der Waals surface area contributed by atoms with Crippen LogP contribution < -0.4 is 4.74 Å². The molecule has 6 heteroatoms. The van der Waals surface area contributed by atoms with Gasteiger partial charge in [0.15, 0.2) is 0 Å². The highest BCUT2D eigenvalue weighted by Crippen LogP contribution is 2.22. The molecule has 0 aliphatic rings. The second-order valence-corrected chi connectivity index (χ2v) is 2.51. The summed E-state index contributed by atoms with van der Waals surface area (Å²) in [5, 5.41) is 3.10. The van der Waals surface area contributed by atoms with E-state index in [-0.39, 0.29) is 12.3 Å². The highest BCUT2D eigenvalue weighted by atomic mass is 19.4. The molecule has 0 radical (unpaired) electrons. The second kappa shape index (κ2) is 4.08. The van der Waals surface area contributed by atoms with Crippen LogP contribution in [0, 0.1) is 5.53 Å². The van der Waals surface area contributed by atoms with Gasteiger partial charge in [0, 0.05) is 0 Å². The first-order valence-corrected chi connectivity index (χ1v) is 3.69. The molecule has 0 aliphatic heterocycles. The van der Waals surface area contributed by atoms with Crippen LogP contribution >= 0.6 is 0 Å². The fourth-order valence-electron chi connectivity index (χ4n) is 0.888. The van der Waals surface area contributed by atoms with E-state index in [0.29, 0.717) is 5.56 Å². The van der Waals surface area contributed by atoms with Crippen molar-refractivity contribution in [3.05, 3.63) is 29.8 Å². The first kappa shape index (κ1) is 10.5. The minimum atomic E-state index is -4.67. The lowest BCUT2D eigenvalue weighted by Crippen LogP contribution is -2.16.